The van der Waals surface area contributed by atoms with Crippen LogP contribution in [0.3, 0.4) is 0 Å². The smallest absolute Gasteiger partial charge is 0.261 e. The van der Waals surface area contributed by atoms with E-state index in [-0.39, 0.29) is 10.8 Å². The van der Waals surface area contributed by atoms with Crippen LogP contribution in [-0.2, 0) is 9.05 Å². The molecule has 1 amide bonds. The van der Waals surface area contributed by atoms with Crippen LogP contribution in [0.25, 0.3) is 0 Å². The number of amides is 1. The molecule has 0 fully saturated rings. The van der Waals surface area contributed by atoms with Crippen LogP contribution >= 0.6 is 10.7 Å². The predicted octanol–water partition coefficient (Wildman–Crippen LogP) is 2.70. The van der Waals surface area contributed by atoms with Crippen LogP contribution in [0.4, 0.5) is 0 Å². The zero-order valence-corrected chi connectivity index (χ0v) is 12.8. The lowest BCUT2D eigenvalue weighted by atomic mass is 10.1. The van der Waals surface area contributed by atoms with Crippen LogP contribution in [0.2, 0.25) is 0 Å². The Kier molecular flexibility index (Phi) is 5.38. The molecule has 0 saturated carbocycles. The standard InChI is InChI=1S/C13H18ClNO3S/c1-4-9(2)8-15-13(16)11-6-5-10(3)12(7-11)19(14,17)18/h5-7,9H,4,8H2,1-3H3,(H,15,16). The lowest BCUT2D eigenvalue weighted by Crippen LogP contribution is -2.28. The number of carbonyl (C=O) groups is 1. The van der Waals surface area contributed by atoms with Crippen molar-refractivity contribution in [2.45, 2.75) is 32.1 Å². The van der Waals surface area contributed by atoms with Gasteiger partial charge in [0.05, 0.1) is 4.90 Å². The Balaban J connectivity index is 2.94. The SMILES string of the molecule is CCC(C)CNC(=O)c1ccc(C)c(S(=O)(=O)Cl)c1. The average Bonchev–Trinajstić information content (AvgIpc) is 2.34. The fourth-order valence-corrected chi connectivity index (χ4v) is 2.74. The van der Waals surface area contributed by atoms with E-state index in [1.54, 1.807) is 19.1 Å². The highest BCUT2D eigenvalue weighted by molar-refractivity contribution is 8.13. The fourth-order valence-electron chi connectivity index (χ4n) is 1.52. The van der Waals surface area contributed by atoms with Gasteiger partial charge in [-0.05, 0) is 30.5 Å². The predicted molar refractivity (Wildman–Crippen MR) is 76.0 cm³/mol. The molecule has 1 atom stereocenters. The first kappa shape index (κ1) is 16.0. The number of benzene rings is 1. The van der Waals surface area contributed by atoms with Gasteiger partial charge in [0.25, 0.3) is 15.0 Å². The molecule has 1 aromatic carbocycles. The molecule has 1 rings (SSSR count). The van der Waals surface area contributed by atoms with Crippen molar-refractivity contribution < 1.29 is 13.2 Å². The molecule has 0 heterocycles. The molecule has 1 N–H and O–H groups in total. The number of hydrogen-bond donors (Lipinski definition) is 1. The Hall–Kier alpha value is -1.07. The Morgan fingerprint density at radius 2 is 2.05 bits per heavy atom. The Morgan fingerprint density at radius 1 is 1.42 bits per heavy atom. The van der Waals surface area contributed by atoms with E-state index >= 15 is 0 Å². The van der Waals surface area contributed by atoms with Crippen molar-refractivity contribution in [3.8, 4) is 0 Å². The van der Waals surface area contributed by atoms with Crippen LogP contribution in [0.15, 0.2) is 23.1 Å². The van der Waals surface area contributed by atoms with Gasteiger partial charge in [-0.3, -0.25) is 4.79 Å². The molecule has 0 bridgehead atoms. The summed E-state index contributed by atoms with van der Waals surface area (Å²) in [5.74, 6) is 0.0903. The molecule has 19 heavy (non-hydrogen) atoms. The normalized spacial score (nSPS) is 13.1. The number of nitrogens with one attached hydrogen (secondary N) is 1. The van der Waals surface area contributed by atoms with Gasteiger partial charge in [0.15, 0.2) is 0 Å². The van der Waals surface area contributed by atoms with Gasteiger partial charge in [0.2, 0.25) is 0 Å². The van der Waals surface area contributed by atoms with Gasteiger partial charge in [0, 0.05) is 22.8 Å². The molecule has 1 unspecified atom stereocenters. The number of aryl methyl sites for hydroxylation is 1. The van der Waals surface area contributed by atoms with Gasteiger partial charge in [0.1, 0.15) is 0 Å². The largest absolute Gasteiger partial charge is 0.352 e. The maximum Gasteiger partial charge on any atom is 0.261 e. The van der Waals surface area contributed by atoms with Gasteiger partial charge in [-0.2, -0.15) is 0 Å². The summed E-state index contributed by atoms with van der Waals surface area (Å²) in [5.41, 5.74) is 0.821. The first-order valence-electron chi connectivity index (χ1n) is 6.09. The van der Waals surface area contributed by atoms with E-state index in [9.17, 15) is 13.2 Å². The highest BCUT2D eigenvalue weighted by Crippen LogP contribution is 2.21. The third-order valence-electron chi connectivity index (χ3n) is 3.02. The maximum absolute atomic E-state index is 11.9. The molecule has 0 aliphatic carbocycles. The first-order valence-corrected chi connectivity index (χ1v) is 8.40. The van der Waals surface area contributed by atoms with E-state index in [1.165, 1.54) is 6.07 Å². The topological polar surface area (TPSA) is 63.2 Å². The monoisotopic (exact) mass is 303 g/mol. The third kappa shape index (κ3) is 4.51. The highest BCUT2D eigenvalue weighted by Gasteiger charge is 2.16. The lowest BCUT2D eigenvalue weighted by molar-refractivity contribution is 0.0947. The number of hydrogen-bond acceptors (Lipinski definition) is 3. The van der Waals surface area contributed by atoms with E-state index in [4.69, 9.17) is 10.7 Å². The second-order valence-electron chi connectivity index (χ2n) is 4.64. The van der Waals surface area contributed by atoms with Crippen molar-refractivity contribution in [1.82, 2.24) is 5.32 Å². The van der Waals surface area contributed by atoms with Gasteiger partial charge in [-0.25, -0.2) is 8.42 Å². The van der Waals surface area contributed by atoms with Gasteiger partial charge >= 0.3 is 0 Å². The van der Waals surface area contributed by atoms with Crippen molar-refractivity contribution in [3.63, 3.8) is 0 Å². The molecule has 106 valence electrons. The zero-order chi connectivity index (χ0) is 14.6. The van der Waals surface area contributed by atoms with Gasteiger partial charge in [-0.1, -0.05) is 26.3 Å². The molecule has 4 nitrogen and oxygen atoms in total. The molecule has 0 radical (unpaired) electrons. The summed E-state index contributed by atoms with van der Waals surface area (Å²) in [6.07, 6.45) is 0.968. The summed E-state index contributed by atoms with van der Waals surface area (Å²) in [6, 6.07) is 4.48. The van der Waals surface area contributed by atoms with Crippen LogP contribution in [0, 0.1) is 12.8 Å². The van der Waals surface area contributed by atoms with E-state index < -0.39 is 9.05 Å². The van der Waals surface area contributed by atoms with Crippen LogP contribution in [0.5, 0.6) is 0 Å². The Bertz CT molecular complexity index is 569. The summed E-state index contributed by atoms with van der Waals surface area (Å²) in [6.45, 7) is 6.27. The van der Waals surface area contributed by atoms with Crippen LogP contribution < -0.4 is 5.32 Å². The minimum absolute atomic E-state index is 0.0228. The van der Waals surface area contributed by atoms with Crippen molar-refractivity contribution >= 4 is 25.6 Å². The van der Waals surface area contributed by atoms with Crippen LogP contribution in [-0.4, -0.2) is 20.9 Å². The summed E-state index contributed by atoms with van der Waals surface area (Å²) in [5, 5.41) is 2.77. The second-order valence-corrected chi connectivity index (χ2v) is 7.18. The summed E-state index contributed by atoms with van der Waals surface area (Å²) in [4.78, 5) is 11.9. The maximum atomic E-state index is 11.9. The quantitative estimate of drug-likeness (QED) is 0.851. The number of carbonyl (C=O) groups excluding carboxylic acids is 1. The third-order valence-corrected chi connectivity index (χ3v) is 4.48. The van der Waals surface area contributed by atoms with Crippen LogP contribution in [0.1, 0.15) is 36.2 Å². The molecule has 0 aromatic heterocycles. The van der Waals surface area contributed by atoms with Crippen molar-refractivity contribution in [2.75, 3.05) is 6.54 Å². The molecule has 0 aliphatic heterocycles. The highest BCUT2D eigenvalue weighted by atomic mass is 35.7. The minimum atomic E-state index is -3.83. The molecular weight excluding hydrogens is 286 g/mol. The first-order chi connectivity index (χ1) is 8.75. The van der Waals surface area contributed by atoms with E-state index in [0.29, 0.717) is 23.6 Å². The Morgan fingerprint density at radius 3 is 2.58 bits per heavy atom. The second kappa shape index (κ2) is 6.39. The molecule has 6 heteroatoms. The number of rotatable bonds is 5. The van der Waals surface area contributed by atoms with E-state index in [0.717, 1.165) is 6.42 Å². The van der Waals surface area contributed by atoms with E-state index in [2.05, 4.69) is 5.32 Å². The fraction of sp³-hybridized carbons (Fsp3) is 0.462. The molecular formula is C13H18ClNO3S. The Labute approximate surface area is 118 Å². The van der Waals surface area contributed by atoms with Crippen molar-refractivity contribution in [2.24, 2.45) is 5.92 Å². The molecule has 1 aromatic rings. The summed E-state index contributed by atoms with van der Waals surface area (Å²) in [7, 11) is 1.50. The molecule has 0 saturated heterocycles. The van der Waals surface area contributed by atoms with Crippen molar-refractivity contribution in [3.05, 3.63) is 29.3 Å². The zero-order valence-electron chi connectivity index (χ0n) is 11.2. The van der Waals surface area contributed by atoms with Gasteiger partial charge < -0.3 is 5.32 Å². The van der Waals surface area contributed by atoms with Gasteiger partial charge in [-0.15, -0.1) is 0 Å². The minimum Gasteiger partial charge on any atom is -0.352 e. The molecule has 0 spiro atoms. The van der Waals surface area contributed by atoms with Crippen molar-refractivity contribution in [1.29, 1.82) is 0 Å². The molecule has 0 aliphatic rings. The summed E-state index contributed by atoms with van der Waals surface area (Å²) < 4.78 is 22.7. The van der Waals surface area contributed by atoms with E-state index in [1.807, 2.05) is 13.8 Å². The average molecular weight is 304 g/mol. The lowest BCUT2D eigenvalue weighted by Gasteiger charge is -2.11. The number of halogens is 1. The summed E-state index contributed by atoms with van der Waals surface area (Å²) >= 11 is 0.